The fraction of sp³-hybridized carbons (Fsp3) is 0.100. The molecule has 0 fully saturated rings. The SMILES string of the molecule is CNC(=S)Nc1cccc2c(=O)[nH][nH]c(=O)c12. The lowest BCUT2D eigenvalue weighted by Gasteiger charge is -2.08. The van der Waals surface area contributed by atoms with Gasteiger partial charge in [-0.05, 0) is 24.4 Å². The molecule has 0 aliphatic heterocycles. The highest BCUT2D eigenvalue weighted by Crippen LogP contribution is 2.16. The van der Waals surface area contributed by atoms with Gasteiger partial charge in [-0.25, -0.2) is 0 Å². The van der Waals surface area contributed by atoms with Gasteiger partial charge in [-0.1, -0.05) is 6.07 Å². The molecule has 0 atom stereocenters. The summed E-state index contributed by atoms with van der Waals surface area (Å²) in [5.41, 5.74) is -0.227. The molecule has 2 rings (SSSR count). The number of benzene rings is 1. The first-order valence-electron chi connectivity index (χ1n) is 4.86. The van der Waals surface area contributed by atoms with Crippen LogP contribution in [0.15, 0.2) is 27.8 Å². The van der Waals surface area contributed by atoms with Crippen LogP contribution in [0, 0.1) is 0 Å². The molecule has 0 unspecified atom stereocenters. The predicted octanol–water partition coefficient (Wildman–Crippen LogP) is 0.133. The Hall–Kier alpha value is -2.15. The second-order valence-corrected chi connectivity index (χ2v) is 3.75. The Labute approximate surface area is 101 Å². The van der Waals surface area contributed by atoms with E-state index in [0.29, 0.717) is 16.2 Å². The van der Waals surface area contributed by atoms with Gasteiger partial charge in [0, 0.05) is 7.05 Å². The van der Waals surface area contributed by atoms with Crippen molar-refractivity contribution in [3.05, 3.63) is 38.9 Å². The molecule has 0 bridgehead atoms. The fourth-order valence-corrected chi connectivity index (χ4v) is 1.63. The molecule has 1 heterocycles. The van der Waals surface area contributed by atoms with Gasteiger partial charge in [-0.2, -0.15) is 0 Å². The first kappa shape index (κ1) is 11.3. The molecule has 17 heavy (non-hydrogen) atoms. The molecular weight excluding hydrogens is 240 g/mol. The highest BCUT2D eigenvalue weighted by atomic mass is 32.1. The van der Waals surface area contributed by atoms with Gasteiger partial charge in [0.1, 0.15) is 0 Å². The van der Waals surface area contributed by atoms with Crippen LogP contribution in [-0.4, -0.2) is 22.4 Å². The van der Waals surface area contributed by atoms with Crippen molar-refractivity contribution >= 4 is 33.8 Å². The van der Waals surface area contributed by atoms with Gasteiger partial charge in [-0.3, -0.25) is 19.8 Å². The van der Waals surface area contributed by atoms with Crippen LogP contribution in [0.25, 0.3) is 10.8 Å². The first-order chi connectivity index (χ1) is 8.13. The van der Waals surface area contributed by atoms with Crippen LogP contribution in [0.3, 0.4) is 0 Å². The number of aromatic nitrogens is 2. The molecule has 2 aromatic rings. The van der Waals surface area contributed by atoms with Gasteiger partial charge < -0.3 is 10.6 Å². The van der Waals surface area contributed by atoms with Crippen molar-refractivity contribution in [2.24, 2.45) is 0 Å². The molecular formula is C10H10N4O2S. The minimum atomic E-state index is -0.374. The van der Waals surface area contributed by atoms with Gasteiger partial charge in [-0.15, -0.1) is 0 Å². The number of anilines is 1. The summed E-state index contributed by atoms with van der Waals surface area (Å²) in [6, 6.07) is 4.94. The zero-order chi connectivity index (χ0) is 12.4. The smallest absolute Gasteiger partial charge is 0.272 e. The Morgan fingerprint density at radius 1 is 1.24 bits per heavy atom. The Morgan fingerprint density at radius 2 is 1.94 bits per heavy atom. The van der Waals surface area contributed by atoms with Crippen molar-refractivity contribution < 1.29 is 0 Å². The number of rotatable bonds is 1. The maximum absolute atomic E-state index is 11.7. The summed E-state index contributed by atoms with van der Waals surface area (Å²) in [5.74, 6) is 0. The lowest BCUT2D eigenvalue weighted by Crippen LogP contribution is -2.26. The molecule has 1 aromatic carbocycles. The van der Waals surface area contributed by atoms with E-state index in [-0.39, 0.29) is 16.5 Å². The van der Waals surface area contributed by atoms with Gasteiger partial charge in [0.2, 0.25) is 0 Å². The number of H-pyrrole nitrogens is 2. The van der Waals surface area contributed by atoms with E-state index < -0.39 is 0 Å². The Balaban J connectivity index is 2.73. The molecule has 0 amide bonds. The predicted molar refractivity (Wildman–Crippen MR) is 70.5 cm³/mol. The maximum atomic E-state index is 11.7. The molecule has 0 saturated heterocycles. The summed E-state index contributed by atoms with van der Waals surface area (Å²) in [4.78, 5) is 23.2. The quantitative estimate of drug-likeness (QED) is 0.540. The van der Waals surface area contributed by atoms with Gasteiger partial charge >= 0.3 is 0 Å². The molecule has 7 heteroatoms. The molecule has 0 radical (unpaired) electrons. The number of fused-ring (bicyclic) bond motifs is 1. The van der Waals surface area contributed by atoms with Gasteiger partial charge in [0.25, 0.3) is 11.1 Å². The number of hydrogen-bond donors (Lipinski definition) is 4. The second kappa shape index (κ2) is 4.38. The van der Waals surface area contributed by atoms with Crippen molar-refractivity contribution in [3.8, 4) is 0 Å². The number of thiocarbonyl (C=S) groups is 1. The molecule has 0 aliphatic rings. The lowest BCUT2D eigenvalue weighted by atomic mass is 10.1. The van der Waals surface area contributed by atoms with E-state index in [0.717, 1.165) is 0 Å². The van der Waals surface area contributed by atoms with E-state index in [1.165, 1.54) is 0 Å². The normalized spacial score (nSPS) is 10.2. The second-order valence-electron chi connectivity index (χ2n) is 3.34. The minimum Gasteiger partial charge on any atom is -0.366 e. The first-order valence-corrected chi connectivity index (χ1v) is 5.26. The van der Waals surface area contributed by atoms with Crippen molar-refractivity contribution in [2.45, 2.75) is 0 Å². The maximum Gasteiger partial charge on any atom is 0.272 e. The third kappa shape index (κ3) is 2.04. The zero-order valence-corrected chi connectivity index (χ0v) is 9.77. The summed E-state index contributed by atoms with van der Waals surface area (Å²) >= 11 is 4.96. The van der Waals surface area contributed by atoms with Crippen molar-refractivity contribution in [1.29, 1.82) is 0 Å². The topological polar surface area (TPSA) is 89.8 Å². The molecule has 6 nitrogen and oxygen atoms in total. The summed E-state index contributed by atoms with van der Waals surface area (Å²) in [6.45, 7) is 0. The van der Waals surface area contributed by atoms with E-state index in [2.05, 4.69) is 20.8 Å². The largest absolute Gasteiger partial charge is 0.366 e. The van der Waals surface area contributed by atoms with Crippen molar-refractivity contribution in [2.75, 3.05) is 12.4 Å². The highest BCUT2D eigenvalue weighted by Gasteiger charge is 2.08. The third-order valence-corrected chi connectivity index (χ3v) is 2.61. The summed E-state index contributed by atoms with van der Waals surface area (Å²) in [5, 5.41) is 11.1. The summed E-state index contributed by atoms with van der Waals surface area (Å²) in [7, 11) is 1.66. The van der Waals surface area contributed by atoms with Crippen molar-refractivity contribution in [3.63, 3.8) is 0 Å². The average molecular weight is 250 g/mol. The highest BCUT2D eigenvalue weighted by molar-refractivity contribution is 7.80. The van der Waals surface area contributed by atoms with Crippen LogP contribution in [0.1, 0.15) is 0 Å². The van der Waals surface area contributed by atoms with Gasteiger partial charge in [0.15, 0.2) is 5.11 Å². The van der Waals surface area contributed by atoms with E-state index >= 15 is 0 Å². The monoisotopic (exact) mass is 250 g/mol. The van der Waals surface area contributed by atoms with Crippen molar-refractivity contribution in [1.82, 2.24) is 15.5 Å². The van der Waals surface area contributed by atoms with Crippen LogP contribution >= 0.6 is 12.2 Å². The number of hydrogen-bond acceptors (Lipinski definition) is 3. The van der Waals surface area contributed by atoms with E-state index in [9.17, 15) is 9.59 Å². The van der Waals surface area contributed by atoms with E-state index in [4.69, 9.17) is 12.2 Å². The number of aromatic amines is 2. The van der Waals surface area contributed by atoms with Crippen LogP contribution in [0.5, 0.6) is 0 Å². The molecule has 0 saturated carbocycles. The minimum absolute atomic E-state index is 0.286. The molecule has 1 aromatic heterocycles. The molecule has 0 spiro atoms. The summed E-state index contributed by atoms with van der Waals surface area (Å²) in [6.07, 6.45) is 0. The van der Waals surface area contributed by atoms with E-state index in [1.807, 2.05) is 0 Å². The van der Waals surface area contributed by atoms with Crippen LogP contribution in [-0.2, 0) is 0 Å². The average Bonchev–Trinajstić information content (AvgIpc) is 2.34. The van der Waals surface area contributed by atoms with Crippen LogP contribution < -0.4 is 21.8 Å². The van der Waals surface area contributed by atoms with Gasteiger partial charge in [0.05, 0.1) is 16.5 Å². The van der Waals surface area contributed by atoms with Crippen LogP contribution in [0.4, 0.5) is 5.69 Å². The lowest BCUT2D eigenvalue weighted by molar-refractivity contribution is 0.977. The molecule has 0 aliphatic carbocycles. The third-order valence-electron chi connectivity index (χ3n) is 2.30. The standard InChI is InChI=1S/C10H10N4O2S/c1-11-10(17)12-6-4-2-3-5-7(6)9(16)14-13-8(5)15/h2-4H,1H3,(H,13,15)(H,14,16)(H2,11,12,17). The number of nitrogens with one attached hydrogen (secondary N) is 4. The zero-order valence-electron chi connectivity index (χ0n) is 8.96. The Kier molecular flexibility index (Phi) is 2.92. The summed E-state index contributed by atoms with van der Waals surface area (Å²) < 4.78 is 0. The Morgan fingerprint density at radius 3 is 2.65 bits per heavy atom. The molecule has 88 valence electrons. The van der Waals surface area contributed by atoms with E-state index in [1.54, 1.807) is 25.2 Å². The van der Waals surface area contributed by atoms with Crippen LogP contribution in [0.2, 0.25) is 0 Å². The Bertz CT molecular complexity index is 689. The fourth-order valence-electron chi connectivity index (χ4n) is 1.52. The molecule has 4 N–H and O–H groups in total.